The topological polar surface area (TPSA) is 59.0 Å². The van der Waals surface area contributed by atoms with Crippen molar-refractivity contribution in [2.75, 3.05) is 11.9 Å². The lowest BCUT2D eigenvalue weighted by Gasteiger charge is -2.08. The van der Waals surface area contributed by atoms with Crippen LogP contribution in [0.3, 0.4) is 0 Å². The van der Waals surface area contributed by atoms with Crippen LogP contribution in [0.1, 0.15) is 23.0 Å². The first kappa shape index (κ1) is 15.7. The molecule has 0 saturated heterocycles. The SMILES string of the molecule is CCNC(=O)c1ccc(NCc2cc(Cl)c(Cl)n2C)nc1. The van der Waals surface area contributed by atoms with Gasteiger partial charge < -0.3 is 15.2 Å². The highest BCUT2D eigenvalue weighted by Gasteiger charge is 2.09. The molecule has 0 unspecified atom stereocenters. The van der Waals surface area contributed by atoms with Crippen LogP contribution >= 0.6 is 23.2 Å². The van der Waals surface area contributed by atoms with E-state index in [4.69, 9.17) is 23.2 Å². The molecule has 5 nitrogen and oxygen atoms in total. The maximum atomic E-state index is 11.6. The molecule has 112 valence electrons. The minimum absolute atomic E-state index is 0.127. The first-order valence-electron chi connectivity index (χ1n) is 6.50. The molecule has 0 aliphatic heterocycles. The van der Waals surface area contributed by atoms with Crippen LogP contribution in [0.5, 0.6) is 0 Å². The number of anilines is 1. The number of carbonyl (C=O) groups excluding carboxylic acids is 1. The van der Waals surface area contributed by atoms with Crippen LogP contribution in [-0.2, 0) is 13.6 Å². The summed E-state index contributed by atoms with van der Waals surface area (Å²) >= 11 is 12.0. The number of nitrogens with one attached hydrogen (secondary N) is 2. The van der Waals surface area contributed by atoms with Gasteiger partial charge in [0.25, 0.3) is 5.91 Å². The van der Waals surface area contributed by atoms with Crippen molar-refractivity contribution in [2.24, 2.45) is 7.05 Å². The standard InChI is InChI=1S/C14H16Cl2N4O/c1-3-17-14(21)9-4-5-12(18-7-9)19-8-10-6-11(15)13(16)20(10)2/h4-7H,3,8H2,1-2H3,(H,17,21)(H,18,19). The smallest absolute Gasteiger partial charge is 0.252 e. The molecule has 0 aromatic carbocycles. The Balaban J connectivity index is 2.00. The summed E-state index contributed by atoms with van der Waals surface area (Å²) in [5, 5.41) is 6.91. The lowest BCUT2D eigenvalue weighted by molar-refractivity contribution is 0.0955. The molecular weight excluding hydrogens is 311 g/mol. The fraction of sp³-hybridized carbons (Fsp3) is 0.286. The van der Waals surface area contributed by atoms with Crippen molar-refractivity contribution in [2.45, 2.75) is 13.5 Å². The van der Waals surface area contributed by atoms with Crippen molar-refractivity contribution in [3.63, 3.8) is 0 Å². The van der Waals surface area contributed by atoms with Crippen LogP contribution in [0, 0.1) is 0 Å². The summed E-state index contributed by atoms with van der Waals surface area (Å²) in [6.45, 7) is 3.00. The molecule has 21 heavy (non-hydrogen) atoms. The molecule has 0 aliphatic rings. The van der Waals surface area contributed by atoms with Crippen molar-refractivity contribution >= 4 is 34.9 Å². The van der Waals surface area contributed by atoms with E-state index in [2.05, 4.69) is 15.6 Å². The average molecular weight is 327 g/mol. The van der Waals surface area contributed by atoms with Gasteiger partial charge in [-0.15, -0.1) is 0 Å². The Hall–Kier alpha value is -1.72. The monoisotopic (exact) mass is 326 g/mol. The molecule has 0 spiro atoms. The summed E-state index contributed by atoms with van der Waals surface area (Å²) in [6, 6.07) is 5.29. The molecule has 0 aliphatic carbocycles. The van der Waals surface area contributed by atoms with Crippen molar-refractivity contribution in [1.29, 1.82) is 0 Å². The number of amides is 1. The molecule has 2 N–H and O–H groups in total. The van der Waals surface area contributed by atoms with Crippen molar-refractivity contribution < 1.29 is 4.79 Å². The van der Waals surface area contributed by atoms with E-state index in [0.717, 1.165) is 5.69 Å². The summed E-state index contributed by atoms with van der Waals surface area (Å²) in [5.41, 5.74) is 1.48. The number of halogens is 2. The Labute approximate surface area is 133 Å². The van der Waals surface area contributed by atoms with Gasteiger partial charge in [0.15, 0.2) is 0 Å². The van der Waals surface area contributed by atoms with Crippen LogP contribution < -0.4 is 10.6 Å². The first-order chi connectivity index (χ1) is 10.0. The first-order valence-corrected chi connectivity index (χ1v) is 7.26. The highest BCUT2D eigenvalue weighted by Crippen LogP contribution is 2.25. The zero-order chi connectivity index (χ0) is 15.4. The maximum Gasteiger partial charge on any atom is 0.252 e. The van der Waals surface area contributed by atoms with Gasteiger partial charge in [0.05, 0.1) is 17.1 Å². The van der Waals surface area contributed by atoms with Crippen LogP contribution in [-0.4, -0.2) is 22.0 Å². The highest BCUT2D eigenvalue weighted by atomic mass is 35.5. The Kier molecular flexibility index (Phi) is 5.09. The summed E-state index contributed by atoms with van der Waals surface area (Å²) in [5.74, 6) is 0.550. The van der Waals surface area contributed by atoms with E-state index in [1.807, 2.05) is 14.0 Å². The highest BCUT2D eigenvalue weighted by molar-refractivity contribution is 6.41. The fourth-order valence-electron chi connectivity index (χ4n) is 1.84. The molecule has 0 fully saturated rings. The molecule has 2 rings (SSSR count). The molecule has 2 aromatic heterocycles. The Morgan fingerprint density at radius 2 is 2.14 bits per heavy atom. The molecule has 0 radical (unpaired) electrons. The van der Waals surface area contributed by atoms with Gasteiger partial charge in [-0.25, -0.2) is 4.98 Å². The van der Waals surface area contributed by atoms with E-state index >= 15 is 0 Å². The Morgan fingerprint density at radius 3 is 2.67 bits per heavy atom. The van der Waals surface area contributed by atoms with Crippen LogP contribution in [0.4, 0.5) is 5.82 Å². The molecular formula is C14H16Cl2N4O. The quantitative estimate of drug-likeness (QED) is 0.887. The van der Waals surface area contributed by atoms with Gasteiger partial charge in [-0.05, 0) is 25.1 Å². The molecule has 7 heteroatoms. The second kappa shape index (κ2) is 6.83. The van der Waals surface area contributed by atoms with Gasteiger partial charge in [-0.3, -0.25) is 4.79 Å². The number of nitrogens with zero attached hydrogens (tertiary/aromatic N) is 2. The van der Waals surface area contributed by atoms with Crippen molar-refractivity contribution in [1.82, 2.24) is 14.9 Å². The molecule has 2 aromatic rings. The van der Waals surface area contributed by atoms with Gasteiger partial charge >= 0.3 is 0 Å². The van der Waals surface area contributed by atoms with Gasteiger partial charge in [0.2, 0.25) is 0 Å². The van der Waals surface area contributed by atoms with E-state index < -0.39 is 0 Å². The van der Waals surface area contributed by atoms with Crippen molar-refractivity contribution in [3.8, 4) is 0 Å². The molecule has 0 atom stereocenters. The van der Waals surface area contributed by atoms with E-state index in [0.29, 0.717) is 34.6 Å². The number of hydrogen-bond acceptors (Lipinski definition) is 3. The van der Waals surface area contributed by atoms with E-state index in [1.54, 1.807) is 22.8 Å². The van der Waals surface area contributed by atoms with Gasteiger partial charge in [-0.2, -0.15) is 0 Å². The minimum Gasteiger partial charge on any atom is -0.364 e. The number of aromatic nitrogens is 2. The third-order valence-electron chi connectivity index (χ3n) is 3.03. The van der Waals surface area contributed by atoms with Gasteiger partial charge in [-0.1, -0.05) is 23.2 Å². The van der Waals surface area contributed by atoms with Crippen molar-refractivity contribution in [3.05, 3.63) is 45.8 Å². The lowest BCUT2D eigenvalue weighted by atomic mass is 10.2. The molecule has 0 saturated carbocycles. The lowest BCUT2D eigenvalue weighted by Crippen LogP contribution is -2.22. The van der Waals surface area contributed by atoms with Gasteiger partial charge in [0.1, 0.15) is 11.0 Å². The summed E-state index contributed by atoms with van der Waals surface area (Å²) in [7, 11) is 1.84. The summed E-state index contributed by atoms with van der Waals surface area (Å²) in [6.07, 6.45) is 1.54. The normalized spacial score (nSPS) is 10.5. The van der Waals surface area contributed by atoms with Crippen LogP contribution in [0.15, 0.2) is 24.4 Å². The van der Waals surface area contributed by atoms with E-state index in [-0.39, 0.29) is 5.91 Å². The number of hydrogen-bond donors (Lipinski definition) is 2. The Bertz CT molecular complexity index is 637. The fourth-order valence-corrected chi connectivity index (χ4v) is 2.25. The third-order valence-corrected chi connectivity index (χ3v) is 3.87. The third kappa shape index (κ3) is 3.68. The maximum absolute atomic E-state index is 11.6. The minimum atomic E-state index is -0.127. The zero-order valence-electron chi connectivity index (χ0n) is 11.8. The molecule has 0 bridgehead atoms. The number of rotatable bonds is 5. The average Bonchev–Trinajstić information content (AvgIpc) is 2.73. The predicted molar refractivity (Wildman–Crippen MR) is 85.0 cm³/mol. The zero-order valence-corrected chi connectivity index (χ0v) is 13.3. The number of carbonyl (C=O) groups is 1. The van der Waals surface area contributed by atoms with E-state index in [9.17, 15) is 4.79 Å². The van der Waals surface area contributed by atoms with Gasteiger partial charge in [0, 0.05) is 25.5 Å². The molecule has 1 amide bonds. The number of pyridine rings is 1. The second-order valence-corrected chi connectivity index (χ2v) is 5.24. The predicted octanol–water partition coefficient (Wildman–Crippen LogP) is 3.09. The van der Waals surface area contributed by atoms with E-state index in [1.165, 1.54) is 6.20 Å². The largest absolute Gasteiger partial charge is 0.364 e. The Morgan fingerprint density at radius 1 is 1.38 bits per heavy atom. The van der Waals surface area contributed by atoms with Crippen LogP contribution in [0.2, 0.25) is 10.2 Å². The summed E-state index contributed by atoms with van der Waals surface area (Å²) < 4.78 is 1.81. The second-order valence-electron chi connectivity index (χ2n) is 4.48. The summed E-state index contributed by atoms with van der Waals surface area (Å²) in [4.78, 5) is 15.8. The molecule has 2 heterocycles. The van der Waals surface area contributed by atoms with Crippen LogP contribution in [0.25, 0.3) is 0 Å².